The molecule has 7 nitrogen and oxygen atoms in total. The summed E-state index contributed by atoms with van der Waals surface area (Å²) in [5.41, 5.74) is 6.50. The molecule has 0 radical (unpaired) electrons. The van der Waals surface area contributed by atoms with E-state index in [1.165, 1.54) is 4.90 Å². The van der Waals surface area contributed by atoms with Crippen molar-refractivity contribution in [1.82, 2.24) is 9.88 Å². The summed E-state index contributed by atoms with van der Waals surface area (Å²) >= 11 is 12.6. The minimum absolute atomic E-state index is 0.0941. The van der Waals surface area contributed by atoms with Crippen LogP contribution in [0.15, 0.2) is 79.0 Å². The lowest BCUT2D eigenvalue weighted by atomic mass is 9.86. The lowest BCUT2D eigenvalue weighted by Gasteiger charge is -2.36. The Morgan fingerprint density at radius 3 is 2.29 bits per heavy atom. The number of benzene rings is 3. The van der Waals surface area contributed by atoms with Gasteiger partial charge >= 0.3 is 6.09 Å². The van der Waals surface area contributed by atoms with Crippen molar-refractivity contribution < 1.29 is 24.1 Å². The molecule has 1 unspecified atom stereocenters. The van der Waals surface area contributed by atoms with Crippen molar-refractivity contribution in [2.75, 3.05) is 33.5 Å². The van der Waals surface area contributed by atoms with Crippen LogP contribution in [0.5, 0.6) is 11.5 Å². The zero-order chi connectivity index (χ0) is 34.8. The summed E-state index contributed by atoms with van der Waals surface area (Å²) in [7, 11) is 1.67. The summed E-state index contributed by atoms with van der Waals surface area (Å²) in [5.74, 6) is 1.05. The number of ether oxygens (including phenoxy) is 3. The van der Waals surface area contributed by atoms with E-state index in [0.717, 1.165) is 39.1 Å². The zero-order valence-corrected chi connectivity index (χ0v) is 29.9. The molecule has 4 rings (SSSR count). The Balaban J connectivity index is 1.52. The third-order valence-electron chi connectivity index (χ3n) is 7.97. The number of aromatic nitrogens is 1. The molecule has 0 spiro atoms. The van der Waals surface area contributed by atoms with Crippen LogP contribution < -0.4 is 9.47 Å². The zero-order valence-electron chi connectivity index (χ0n) is 28.4. The van der Waals surface area contributed by atoms with Gasteiger partial charge in [0.05, 0.1) is 22.3 Å². The van der Waals surface area contributed by atoms with Crippen molar-refractivity contribution in [2.45, 2.75) is 52.5 Å². The second-order valence-electron chi connectivity index (χ2n) is 12.7. The van der Waals surface area contributed by atoms with E-state index in [1.54, 1.807) is 13.3 Å². The van der Waals surface area contributed by atoms with E-state index in [4.69, 9.17) is 37.4 Å². The van der Waals surface area contributed by atoms with Crippen LogP contribution in [0.25, 0.3) is 17.3 Å². The molecule has 1 atom stereocenters. The first kappa shape index (κ1) is 36.8. The van der Waals surface area contributed by atoms with Gasteiger partial charge in [-0.15, -0.1) is 0 Å². The van der Waals surface area contributed by atoms with Crippen LogP contribution in [0, 0.1) is 13.8 Å². The maximum atomic E-state index is 12.4. The molecule has 3 aromatic carbocycles. The summed E-state index contributed by atoms with van der Waals surface area (Å²) in [4.78, 5) is 18.6. The summed E-state index contributed by atoms with van der Waals surface area (Å²) in [5, 5.41) is 11.1. The number of amides is 1. The largest absolute Gasteiger partial charge is 0.490 e. The van der Waals surface area contributed by atoms with Gasteiger partial charge in [0.15, 0.2) is 5.75 Å². The first-order valence-corrected chi connectivity index (χ1v) is 16.6. The fourth-order valence-corrected chi connectivity index (χ4v) is 6.32. The number of carboxylic acid groups (broad SMARTS) is 1. The molecule has 0 saturated carbocycles. The van der Waals surface area contributed by atoms with Crippen molar-refractivity contribution >= 4 is 35.4 Å². The van der Waals surface area contributed by atoms with Crippen molar-refractivity contribution in [3.8, 4) is 22.8 Å². The highest BCUT2D eigenvalue weighted by Gasteiger charge is 2.30. The van der Waals surface area contributed by atoms with E-state index in [0.29, 0.717) is 47.7 Å². The van der Waals surface area contributed by atoms with Gasteiger partial charge in [-0.2, -0.15) is 0 Å². The van der Waals surface area contributed by atoms with E-state index in [2.05, 4.69) is 30.1 Å². The monoisotopic (exact) mass is 690 g/mol. The lowest BCUT2D eigenvalue weighted by Crippen LogP contribution is -2.47. The molecule has 1 amide bonds. The number of pyridine rings is 1. The van der Waals surface area contributed by atoms with Gasteiger partial charge in [0.1, 0.15) is 19.0 Å². The Hall–Kier alpha value is -4.04. The van der Waals surface area contributed by atoms with Gasteiger partial charge in [0, 0.05) is 42.4 Å². The third-order valence-corrected chi connectivity index (χ3v) is 8.53. The van der Waals surface area contributed by atoms with Crippen LogP contribution in [-0.2, 0) is 11.2 Å². The van der Waals surface area contributed by atoms with E-state index >= 15 is 0 Å². The minimum atomic E-state index is -0.943. The molecule has 48 heavy (non-hydrogen) atoms. The Bertz CT molecular complexity index is 1690. The molecule has 0 bridgehead atoms. The van der Waals surface area contributed by atoms with Gasteiger partial charge in [-0.25, -0.2) is 4.79 Å². The molecule has 0 aliphatic rings. The van der Waals surface area contributed by atoms with E-state index in [-0.39, 0.29) is 12.5 Å². The van der Waals surface area contributed by atoms with Crippen molar-refractivity contribution in [3.05, 3.63) is 117 Å². The first-order chi connectivity index (χ1) is 22.9. The summed E-state index contributed by atoms with van der Waals surface area (Å²) in [6.45, 7) is 11.2. The highest BCUT2D eigenvalue weighted by Crippen LogP contribution is 2.34. The van der Waals surface area contributed by atoms with E-state index in [1.807, 2.05) is 88.4 Å². The average molecular weight is 692 g/mol. The van der Waals surface area contributed by atoms with Gasteiger partial charge in [0.2, 0.25) is 0 Å². The molecule has 0 aliphatic carbocycles. The highest BCUT2D eigenvalue weighted by molar-refractivity contribution is 6.37. The number of aryl methyl sites for hydroxylation is 2. The molecular weight excluding hydrogens is 647 g/mol. The molecule has 1 aromatic heterocycles. The SMILES string of the molecule is COC/C=C/c1cccnc1-c1ccc(C(Cc2ccc(OCCOc3c(Cl)cc(C)cc3Cl)cc2)CN(C(=O)O)C(C)(C)C)c(C)c1. The van der Waals surface area contributed by atoms with Gasteiger partial charge in [-0.3, -0.25) is 4.98 Å². The molecule has 9 heteroatoms. The first-order valence-electron chi connectivity index (χ1n) is 15.9. The number of hydrogen-bond acceptors (Lipinski definition) is 5. The second kappa shape index (κ2) is 16.9. The number of nitrogens with zero attached hydrogens (tertiary/aromatic N) is 2. The van der Waals surface area contributed by atoms with E-state index < -0.39 is 11.6 Å². The molecular formula is C39H44Cl2N2O5. The average Bonchev–Trinajstić information content (AvgIpc) is 3.02. The number of rotatable bonds is 14. The highest BCUT2D eigenvalue weighted by atomic mass is 35.5. The quantitative estimate of drug-likeness (QED) is 0.133. The number of carbonyl (C=O) groups is 1. The standard InChI is InChI=1S/C39H44Cl2N2O5/c1-26-21-34(40)37(35(41)22-26)48-20-19-47-32-14-11-28(12-15-32)24-31(25-43(38(44)45)39(3,4)5)33-16-13-30(23-27(33)2)36-29(9-7-17-42-36)10-8-18-46-6/h7-17,21-23,31H,18-20,24-25H2,1-6H3,(H,44,45)/b10-8+. The third kappa shape index (κ3) is 9.99. The normalized spacial score (nSPS) is 12.2. The Labute approximate surface area is 294 Å². The van der Waals surface area contributed by atoms with Gasteiger partial charge in [-0.05, 0) is 99.7 Å². The van der Waals surface area contributed by atoms with Crippen LogP contribution in [0.2, 0.25) is 10.0 Å². The van der Waals surface area contributed by atoms with Crippen molar-refractivity contribution in [1.29, 1.82) is 0 Å². The van der Waals surface area contributed by atoms with Crippen LogP contribution in [0.1, 0.15) is 54.5 Å². The molecule has 0 saturated heterocycles. The van der Waals surface area contributed by atoms with Crippen molar-refractivity contribution in [2.24, 2.45) is 0 Å². The topological polar surface area (TPSA) is 81.1 Å². The number of methoxy groups -OCH3 is 1. The Kier molecular flexibility index (Phi) is 12.9. The van der Waals surface area contributed by atoms with Crippen LogP contribution >= 0.6 is 23.2 Å². The number of hydrogen-bond donors (Lipinski definition) is 1. The molecule has 254 valence electrons. The van der Waals surface area contributed by atoms with Crippen LogP contribution in [0.4, 0.5) is 4.79 Å². The Morgan fingerprint density at radius 2 is 1.67 bits per heavy atom. The maximum absolute atomic E-state index is 12.4. The maximum Gasteiger partial charge on any atom is 0.407 e. The molecule has 1 N–H and O–H groups in total. The van der Waals surface area contributed by atoms with Crippen LogP contribution in [0.3, 0.4) is 0 Å². The van der Waals surface area contributed by atoms with Crippen LogP contribution in [-0.4, -0.2) is 60.1 Å². The summed E-state index contributed by atoms with van der Waals surface area (Å²) < 4.78 is 16.9. The predicted molar refractivity (Wildman–Crippen MR) is 195 cm³/mol. The fraction of sp³-hybridized carbons (Fsp3) is 0.333. The van der Waals surface area contributed by atoms with E-state index in [9.17, 15) is 9.90 Å². The summed E-state index contributed by atoms with van der Waals surface area (Å²) in [6.07, 6.45) is 5.47. The lowest BCUT2D eigenvalue weighted by molar-refractivity contribution is 0.0956. The fourth-order valence-electron chi connectivity index (χ4n) is 5.61. The molecule has 4 aromatic rings. The summed E-state index contributed by atoms with van der Waals surface area (Å²) in [6, 6.07) is 21.8. The smallest absolute Gasteiger partial charge is 0.407 e. The predicted octanol–water partition coefficient (Wildman–Crippen LogP) is 9.89. The van der Waals surface area contributed by atoms with Gasteiger partial charge in [0.25, 0.3) is 0 Å². The Morgan fingerprint density at radius 1 is 0.979 bits per heavy atom. The van der Waals surface area contributed by atoms with Gasteiger partial charge < -0.3 is 24.2 Å². The van der Waals surface area contributed by atoms with Crippen molar-refractivity contribution in [3.63, 3.8) is 0 Å². The molecule has 1 heterocycles. The van der Waals surface area contributed by atoms with Gasteiger partial charge in [-0.1, -0.05) is 65.7 Å². The minimum Gasteiger partial charge on any atom is -0.490 e. The number of halogens is 2. The second-order valence-corrected chi connectivity index (χ2v) is 13.5. The molecule has 0 aliphatic heterocycles. The molecule has 0 fully saturated rings.